The van der Waals surface area contributed by atoms with Crippen LogP contribution in [0.2, 0.25) is 0 Å². The number of benzene rings is 1. The Kier molecular flexibility index (Phi) is 5.85. The average molecular weight is 448 g/mol. The van der Waals surface area contributed by atoms with Crippen molar-refractivity contribution >= 4 is 17.4 Å². The summed E-state index contributed by atoms with van der Waals surface area (Å²) in [4.78, 5) is 17.2. The molecule has 0 radical (unpaired) electrons. The van der Waals surface area contributed by atoms with E-state index in [0.29, 0.717) is 19.0 Å². The van der Waals surface area contributed by atoms with E-state index in [2.05, 4.69) is 78.2 Å². The number of aryl methyl sites for hydroxylation is 2. The van der Waals surface area contributed by atoms with Gasteiger partial charge in [-0.25, -0.2) is 4.79 Å². The highest BCUT2D eigenvalue weighted by Crippen LogP contribution is 2.44. The van der Waals surface area contributed by atoms with Crippen molar-refractivity contribution in [2.24, 2.45) is 5.92 Å². The van der Waals surface area contributed by atoms with Gasteiger partial charge in [0, 0.05) is 23.2 Å². The van der Waals surface area contributed by atoms with E-state index in [4.69, 9.17) is 0 Å². The SMILES string of the molecule is Cc1cccc(C2c3cccn3-c3sc4c(c3CN2C(=O)NCCC(C)C)CCCC4)c1. The van der Waals surface area contributed by atoms with Gasteiger partial charge in [0.2, 0.25) is 0 Å². The number of carbonyl (C=O) groups excluding carboxylic acids is 1. The molecule has 2 aliphatic rings. The number of amides is 2. The summed E-state index contributed by atoms with van der Waals surface area (Å²) in [6, 6.07) is 12.9. The van der Waals surface area contributed by atoms with Crippen LogP contribution in [0.5, 0.6) is 0 Å². The third kappa shape index (κ3) is 3.88. The molecule has 5 heteroatoms. The number of hydrogen-bond donors (Lipinski definition) is 1. The minimum absolute atomic E-state index is 0.0357. The number of fused-ring (bicyclic) bond motifs is 5. The summed E-state index contributed by atoms with van der Waals surface area (Å²) < 4.78 is 2.35. The van der Waals surface area contributed by atoms with E-state index < -0.39 is 0 Å². The zero-order valence-electron chi connectivity index (χ0n) is 19.4. The van der Waals surface area contributed by atoms with Gasteiger partial charge >= 0.3 is 6.03 Å². The molecule has 1 aliphatic carbocycles. The highest BCUT2D eigenvalue weighted by molar-refractivity contribution is 7.15. The second-order valence-electron chi connectivity index (χ2n) is 9.66. The molecule has 32 heavy (non-hydrogen) atoms. The first kappa shape index (κ1) is 21.3. The molecule has 0 bridgehead atoms. The average Bonchev–Trinajstić information content (AvgIpc) is 3.35. The molecule has 4 nitrogen and oxygen atoms in total. The Hall–Kier alpha value is -2.53. The summed E-state index contributed by atoms with van der Waals surface area (Å²) in [6.45, 7) is 7.90. The predicted octanol–water partition coefficient (Wildman–Crippen LogP) is 6.39. The maximum atomic E-state index is 13.6. The fourth-order valence-electron chi connectivity index (χ4n) is 5.15. The van der Waals surface area contributed by atoms with Crippen molar-refractivity contribution in [1.82, 2.24) is 14.8 Å². The zero-order valence-corrected chi connectivity index (χ0v) is 20.2. The Morgan fingerprint density at radius 3 is 2.81 bits per heavy atom. The number of nitrogens with zero attached hydrogens (tertiary/aromatic N) is 2. The molecular weight excluding hydrogens is 414 g/mol. The van der Waals surface area contributed by atoms with Gasteiger partial charge in [-0.3, -0.25) is 0 Å². The molecule has 3 heterocycles. The van der Waals surface area contributed by atoms with Gasteiger partial charge in [0.25, 0.3) is 0 Å². The highest BCUT2D eigenvalue weighted by Gasteiger charge is 2.35. The molecule has 1 aliphatic heterocycles. The van der Waals surface area contributed by atoms with Crippen LogP contribution in [0.25, 0.3) is 5.00 Å². The predicted molar refractivity (Wildman–Crippen MR) is 132 cm³/mol. The standard InChI is InChI=1S/C27H33N3OS/c1-18(2)13-14-28-27(31)30-17-22-21-10-4-5-12-24(21)32-26(22)29-15-7-11-23(29)25(30)20-9-6-8-19(3)16-20/h6-9,11,15-16,18,25H,4-5,10,12-14,17H2,1-3H3,(H,28,31). The van der Waals surface area contributed by atoms with Crippen LogP contribution < -0.4 is 5.32 Å². The number of rotatable bonds is 4. The van der Waals surface area contributed by atoms with Gasteiger partial charge in [-0.2, -0.15) is 0 Å². The number of hydrogen-bond acceptors (Lipinski definition) is 2. The van der Waals surface area contributed by atoms with Gasteiger partial charge < -0.3 is 14.8 Å². The van der Waals surface area contributed by atoms with Gasteiger partial charge in [-0.15, -0.1) is 11.3 Å². The molecular formula is C27H33N3OS. The third-order valence-corrected chi connectivity index (χ3v) is 8.13. The van der Waals surface area contributed by atoms with Crippen molar-refractivity contribution in [3.63, 3.8) is 0 Å². The van der Waals surface area contributed by atoms with Crippen LogP contribution in [0, 0.1) is 12.8 Å². The summed E-state index contributed by atoms with van der Waals surface area (Å²) in [7, 11) is 0. The molecule has 1 unspecified atom stereocenters. The quantitative estimate of drug-likeness (QED) is 0.494. The van der Waals surface area contributed by atoms with Gasteiger partial charge in [0.1, 0.15) is 5.00 Å². The number of urea groups is 1. The molecule has 2 amide bonds. The molecule has 168 valence electrons. The van der Waals surface area contributed by atoms with Crippen molar-refractivity contribution in [2.45, 2.75) is 65.5 Å². The van der Waals surface area contributed by atoms with Crippen molar-refractivity contribution < 1.29 is 4.79 Å². The lowest BCUT2D eigenvalue weighted by molar-refractivity contribution is 0.180. The summed E-state index contributed by atoms with van der Waals surface area (Å²) in [6.07, 6.45) is 8.00. The molecule has 5 rings (SSSR count). The van der Waals surface area contributed by atoms with Crippen LogP contribution in [0.15, 0.2) is 42.6 Å². The van der Waals surface area contributed by atoms with Crippen LogP contribution >= 0.6 is 11.3 Å². The van der Waals surface area contributed by atoms with Gasteiger partial charge in [0.15, 0.2) is 0 Å². The zero-order chi connectivity index (χ0) is 22.2. The fourth-order valence-corrected chi connectivity index (χ4v) is 6.55. The number of thiophene rings is 1. The molecule has 1 atom stereocenters. The summed E-state index contributed by atoms with van der Waals surface area (Å²) in [5.41, 5.74) is 6.43. The van der Waals surface area contributed by atoms with Crippen LogP contribution in [0.1, 0.15) is 72.0 Å². The Morgan fingerprint density at radius 1 is 1.16 bits per heavy atom. The molecule has 0 saturated carbocycles. The molecule has 2 aromatic heterocycles. The number of carbonyl (C=O) groups is 1. The smallest absolute Gasteiger partial charge is 0.318 e. The Labute approximate surface area is 195 Å². The highest BCUT2D eigenvalue weighted by atomic mass is 32.1. The maximum absolute atomic E-state index is 13.6. The summed E-state index contributed by atoms with van der Waals surface area (Å²) in [5.74, 6) is 0.569. The van der Waals surface area contributed by atoms with E-state index >= 15 is 0 Å². The Bertz CT molecular complexity index is 1130. The summed E-state index contributed by atoms with van der Waals surface area (Å²) in [5, 5.41) is 4.55. The number of aromatic nitrogens is 1. The lowest BCUT2D eigenvalue weighted by Gasteiger charge is -2.31. The van der Waals surface area contributed by atoms with Crippen LogP contribution in [-0.4, -0.2) is 22.0 Å². The molecule has 0 fully saturated rings. The monoisotopic (exact) mass is 447 g/mol. The van der Waals surface area contributed by atoms with Crippen LogP contribution in [0.3, 0.4) is 0 Å². The molecule has 1 N–H and O–H groups in total. The Morgan fingerprint density at radius 2 is 2.00 bits per heavy atom. The normalized spacial score (nSPS) is 17.5. The van der Waals surface area contributed by atoms with Crippen LogP contribution in [-0.2, 0) is 19.4 Å². The van der Waals surface area contributed by atoms with Gasteiger partial charge in [-0.1, -0.05) is 43.7 Å². The first-order chi connectivity index (χ1) is 15.5. The first-order valence-corrected chi connectivity index (χ1v) is 12.8. The third-order valence-electron chi connectivity index (χ3n) is 6.80. The first-order valence-electron chi connectivity index (χ1n) is 11.9. The largest absolute Gasteiger partial charge is 0.338 e. The lowest BCUT2D eigenvalue weighted by Crippen LogP contribution is -2.42. The van der Waals surface area contributed by atoms with E-state index in [-0.39, 0.29) is 12.1 Å². The van der Waals surface area contributed by atoms with Crippen molar-refractivity contribution in [1.29, 1.82) is 0 Å². The van der Waals surface area contributed by atoms with Crippen molar-refractivity contribution in [3.05, 3.63) is 75.4 Å². The topological polar surface area (TPSA) is 37.3 Å². The van der Waals surface area contributed by atoms with E-state index in [1.165, 1.54) is 57.1 Å². The fraction of sp³-hybridized carbons (Fsp3) is 0.444. The lowest BCUT2D eigenvalue weighted by atomic mass is 9.95. The summed E-state index contributed by atoms with van der Waals surface area (Å²) >= 11 is 1.94. The van der Waals surface area contributed by atoms with E-state index in [9.17, 15) is 4.79 Å². The van der Waals surface area contributed by atoms with Crippen LogP contribution in [0.4, 0.5) is 4.79 Å². The molecule has 0 saturated heterocycles. The van der Waals surface area contributed by atoms with E-state index in [1.807, 2.05) is 11.3 Å². The number of nitrogens with one attached hydrogen (secondary N) is 1. The second-order valence-corrected chi connectivity index (χ2v) is 10.7. The Balaban J connectivity index is 1.62. The molecule has 1 aromatic carbocycles. The minimum atomic E-state index is -0.109. The maximum Gasteiger partial charge on any atom is 0.318 e. The van der Waals surface area contributed by atoms with E-state index in [1.54, 1.807) is 0 Å². The van der Waals surface area contributed by atoms with Crippen molar-refractivity contribution in [3.8, 4) is 5.00 Å². The van der Waals surface area contributed by atoms with Crippen molar-refractivity contribution in [2.75, 3.05) is 6.54 Å². The molecule has 3 aromatic rings. The van der Waals surface area contributed by atoms with E-state index in [0.717, 1.165) is 12.8 Å². The van der Waals surface area contributed by atoms with Gasteiger partial charge in [0.05, 0.1) is 18.3 Å². The van der Waals surface area contributed by atoms with Gasteiger partial charge in [-0.05, 0) is 68.2 Å². The minimum Gasteiger partial charge on any atom is -0.338 e. The molecule has 0 spiro atoms. The second kappa shape index (κ2) is 8.78.